The number of fused-ring (bicyclic) bond motifs is 4. The topological polar surface area (TPSA) is 80.0 Å². The molecule has 6 nitrogen and oxygen atoms in total. The Kier molecular flexibility index (Phi) is 4.05. The summed E-state index contributed by atoms with van der Waals surface area (Å²) in [5.74, 6) is 2.28. The first kappa shape index (κ1) is 18.2. The SMILES string of the molecule is CNc1cccc2c1Cc1nc(Sc3cncc(C)c3)nc(N3CC4C(N)C4C3)c1-2. The molecule has 3 N–H and O–H groups in total. The number of nitrogens with two attached hydrogens (primary N) is 1. The molecule has 2 atom stereocenters. The van der Waals surface area contributed by atoms with Gasteiger partial charge in [0.25, 0.3) is 0 Å². The number of aromatic nitrogens is 3. The van der Waals surface area contributed by atoms with Gasteiger partial charge in [-0.1, -0.05) is 12.1 Å². The van der Waals surface area contributed by atoms with E-state index in [4.69, 9.17) is 15.7 Å². The first-order valence-corrected chi connectivity index (χ1v) is 11.2. The van der Waals surface area contributed by atoms with Gasteiger partial charge in [0.05, 0.1) is 5.69 Å². The molecule has 0 radical (unpaired) electrons. The van der Waals surface area contributed by atoms with Crippen LogP contribution in [-0.2, 0) is 6.42 Å². The summed E-state index contributed by atoms with van der Waals surface area (Å²) in [6.07, 6.45) is 4.58. The van der Waals surface area contributed by atoms with Crippen molar-refractivity contribution in [3.8, 4) is 11.1 Å². The van der Waals surface area contributed by atoms with Crippen molar-refractivity contribution in [2.75, 3.05) is 30.4 Å². The Morgan fingerprint density at radius 3 is 2.77 bits per heavy atom. The van der Waals surface area contributed by atoms with Crippen molar-refractivity contribution in [3.63, 3.8) is 0 Å². The summed E-state index contributed by atoms with van der Waals surface area (Å²) < 4.78 is 0. The second-order valence-electron chi connectivity index (χ2n) is 8.52. The predicted octanol–water partition coefficient (Wildman–Crippen LogP) is 3.34. The van der Waals surface area contributed by atoms with E-state index in [1.165, 1.54) is 22.4 Å². The molecule has 0 amide bonds. The highest BCUT2D eigenvalue weighted by Crippen LogP contribution is 2.50. The zero-order chi connectivity index (χ0) is 20.4. The van der Waals surface area contributed by atoms with E-state index >= 15 is 0 Å². The maximum atomic E-state index is 6.21. The third-order valence-electron chi connectivity index (χ3n) is 6.62. The number of benzene rings is 1. The molecule has 1 aromatic carbocycles. The number of anilines is 2. The lowest BCUT2D eigenvalue weighted by molar-refractivity contribution is 0.727. The lowest BCUT2D eigenvalue weighted by atomic mass is 10.1. The fourth-order valence-electron chi connectivity index (χ4n) is 5.00. The molecule has 0 bridgehead atoms. The highest BCUT2D eigenvalue weighted by atomic mass is 32.2. The van der Waals surface area contributed by atoms with Crippen LogP contribution in [0.2, 0.25) is 0 Å². The van der Waals surface area contributed by atoms with Gasteiger partial charge in [-0.05, 0) is 59.3 Å². The fraction of sp³-hybridized carbons (Fsp3) is 0.348. The van der Waals surface area contributed by atoms with Crippen LogP contribution in [0.5, 0.6) is 0 Å². The van der Waals surface area contributed by atoms with E-state index in [1.807, 2.05) is 19.4 Å². The summed E-state index contributed by atoms with van der Waals surface area (Å²) in [6.45, 7) is 4.04. The number of hydrogen-bond donors (Lipinski definition) is 2. The van der Waals surface area contributed by atoms with E-state index < -0.39 is 0 Å². The minimum atomic E-state index is 0.367. The van der Waals surface area contributed by atoms with Gasteiger partial charge in [0.15, 0.2) is 5.16 Å². The number of aryl methyl sites for hydroxylation is 1. The average Bonchev–Trinajstić information content (AvgIpc) is 3.11. The van der Waals surface area contributed by atoms with Crippen molar-refractivity contribution >= 4 is 23.3 Å². The third-order valence-corrected chi connectivity index (χ3v) is 7.45. The lowest BCUT2D eigenvalue weighted by Crippen LogP contribution is -2.29. The van der Waals surface area contributed by atoms with E-state index in [-0.39, 0.29) is 0 Å². The predicted molar refractivity (Wildman–Crippen MR) is 120 cm³/mol. The molecule has 2 fully saturated rings. The zero-order valence-electron chi connectivity index (χ0n) is 17.1. The Bertz CT molecular complexity index is 1150. The summed E-state index contributed by atoms with van der Waals surface area (Å²) in [5, 5.41) is 4.13. The van der Waals surface area contributed by atoms with Gasteiger partial charge in [-0.15, -0.1) is 0 Å². The second kappa shape index (κ2) is 6.68. The summed E-state index contributed by atoms with van der Waals surface area (Å²) >= 11 is 1.59. The van der Waals surface area contributed by atoms with Crippen LogP contribution in [0.15, 0.2) is 46.7 Å². The van der Waals surface area contributed by atoms with Gasteiger partial charge in [-0.2, -0.15) is 0 Å². The van der Waals surface area contributed by atoms with Gasteiger partial charge >= 0.3 is 0 Å². The number of piperidine rings is 1. The van der Waals surface area contributed by atoms with Gasteiger partial charge < -0.3 is 16.0 Å². The molecular formula is C23H24N6S. The molecule has 1 aliphatic heterocycles. The van der Waals surface area contributed by atoms with Crippen LogP contribution in [0.3, 0.4) is 0 Å². The molecule has 1 saturated heterocycles. The van der Waals surface area contributed by atoms with Crippen molar-refractivity contribution in [3.05, 3.63) is 53.5 Å². The summed E-state index contributed by atoms with van der Waals surface area (Å²) in [5.41, 5.74) is 13.4. The maximum absolute atomic E-state index is 6.21. The Labute approximate surface area is 180 Å². The Morgan fingerprint density at radius 1 is 1.17 bits per heavy atom. The first-order chi connectivity index (χ1) is 14.6. The van der Waals surface area contributed by atoms with E-state index in [9.17, 15) is 0 Å². The highest BCUT2D eigenvalue weighted by Gasteiger charge is 2.54. The third kappa shape index (κ3) is 2.80. The van der Waals surface area contributed by atoms with E-state index in [2.05, 4.69) is 46.4 Å². The molecule has 1 saturated carbocycles. The van der Waals surface area contributed by atoms with Crippen LogP contribution in [0.4, 0.5) is 11.5 Å². The van der Waals surface area contributed by atoms with Crippen LogP contribution in [0.1, 0.15) is 16.8 Å². The minimum absolute atomic E-state index is 0.367. The average molecular weight is 417 g/mol. The van der Waals surface area contributed by atoms with Gasteiger partial charge in [-0.25, -0.2) is 9.97 Å². The fourth-order valence-corrected chi connectivity index (χ4v) is 5.85. The largest absolute Gasteiger partial charge is 0.388 e. The van der Waals surface area contributed by atoms with Crippen LogP contribution in [-0.4, -0.2) is 41.1 Å². The molecule has 3 aliphatic rings. The Morgan fingerprint density at radius 2 is 2.00 bits per heavy atom. The number of nitrogens with one attached hydrogen (secondary N) is 1. The van der Waals surface area contributed by atoms with Crippen LogP contribution in [0.25, 0.3) is 11.1 Å². The van der Waals surface area contributed by atoms with Gasteiger partial charge in [-0.3, -0.25) is 4.98 Å². The van der Waals surface area contributed by atoms with E-state index in [1.54, 1.807) is 11.8 Å². The maximum Gasteiger partial charge on any atom is 0.194 e. The van der Waals surface area contributed by atoms with Gasteiger partial charge in [0.2, 0.25) is 0 Å². The first-order valence-electron chi connectivity index (χ1n) is 10.4. The van der Waals surface area contributed by atoms with Crippen LogP contribution in [0, 0.1) is 18.8 Å². The molecule has 3 heterocycles. The molecule has 6 rings (SSSR count). The smallest absolute Gasteiger partial charge is 0.194 e. The second-order valence-corrected chi connectivity index (χ2v) is 9.56. The van der Waals surface area contributed by atoms with Crippen molar-refractivity contribution in [1.29, 1.82) is 0 Å². The number of hydrogen-bond acceptors (Lipinski definition) is 7. The molecule has 2 aliphatic carbocycles. The van der Waals surface area contributed by atoms with Crippen LogP contribution < -0.4 is 16.0 Å². The molecule has 7 heteroatoms. The standard InChI is InChI=1S/C23H24N6S/c1-12-6-13(9-26-8-12)30-23-27-19-7-15-14(4-3-5-18(15)25-2)20(19)22(28-23)29-10-16-17(11-29)21(16)24/h3-6,8-9,16-17,21,25H,7,10-11,24H2,1-2H3. The van der Waals surface area contributed by atoms with Gasteiger partial charge in [0, 0.05) is 61.1 Å². The molecule has 0 spiro atoms. The van der Waals surface area contributed by atoms with E-state index in [0.29, 0.717) is 17.9 Å². The quantitative estimate of drug-likeness (QED) is 0.494. The molecule has 152 valence electrons. The number of rotatable bonds is 4. The minimum Gasteiger partial charge on any atom is -0.388 e. The van der Waals surface area contributed by atoms with E-state index in [0.717, 1.165) is 46.6 Å². The summed E-state index contributed by atoms with van der Waals surface area (Å²) in [4.78, 5) is 17.9. The van der Waals surface area contributed by atoms with Crippen molar-refractivity contribution in [2.24, 2.45) is 17.6 Å². The van der Waals surface area contributed by atoms with Gasteiger partial charge in [0.1, 0.15) is 5.82 Å². The van der Waals surface area contributed by atoms with Crippen molar-refractivity contribution in [1.82, 2.24) is 15.0 Å². The summed E-state index contributed by atoms with van der Waals surface area (Å²) in [7, 11) is 1.98. The molecule has 2 unspecified atom stereocenters. The molecule has 2 aromatic heterocycles. The Hall–Kier alpha value is -2.64. The summed E-state index contributed by atoms with van der Waals surface area (Å²) in [6, 6.07) is 8.95. The number of pyridine rings is 1. The van der Waals surface area contributed by atoms with Crippen LogP contribution >= 0.6 is 11.8 Å². The Balaban J connectivity index is 1.45. The molecule has 3 aromatic rings. The monoisotopic (exact) mass is 416 g/mol. The molecule has 30 heavy (non-hydrogen) atoms. The highest BCUT2D eigenvalue weighted by molar-refractivity contribution is 7.99. The normalized spacial score (nSPS) is 23.2. The lowest BCUT2D eigenvalue weighted by Gasteiger charge is -2.23. The molecular weight excluding hydrogens is 392 g/mol. The number of nitrogens with zero attached hydrogens (tertiary/aromatic N) is 4. The zero-order valence-corrected chi connectivity index (χ0v) is 17.9. The van der Waals surface area contributed by atoms with Crippen molar-refractivity contribution < 1.29 is 0 Å². The van der Waals surface area contributed by atoms with Crippen molar-refractivity contribution in [2.45, 2.75) is 29.4 Å².